The van der Waals surface area contributed by atoms with Crippen LogP contribution >= 0.6 is 0 Å². The molecule has 0 saturated heterocycles. The molecule has 0 aromatic rings. The number of rotatable bonds is 5. The molecule has 0 radical (unpaired) electrons. The maximum atomic E-state index is 10.8. The summed E-state index contributed by atoms with van der Waals surface area (Å²) in [6, 6.07) is -0.435. The lowest BCUT2D eigenvalue weighted by Crippen LogP contribution is -2.29. The number of hydrogen-bond acceptors (Lipinski definition) is 3. The number of ketones is 1. The first kappa shape index (κ1) is 9.36. The van der Waals surface area contributed by atoms with Gasteiger partial charge in [0.05, 0.1) is 6.04 Å². The highest BCUT2D eigenvalue weighted by atomic mass is 16.1. The number of Topliss-reactive ketones (excluding diaryl/α,β-unsaturated/α-hetero) is 1. The number of nitrogens with two attached hydrogens (primary N) is 1. The maximum absolute atomic E-state index is 10.8. The summed E-state index contributed by atoms with van der Waals surface area (Å²) in [7, 11) is 1.77. The zero-order chi connectivity index (χ0) is 7.98. The molecule has 0 aliphatic heterocycles. The topological polar surface area (TPSA) is 60.2 Å². The van der Waals surface area contributed by atoms with Gasteiger partial charge >= 0.3 is 0 Å². The molecule has 0 heterocycles. The molecule has 0 aliphatic carbocycles. The SMILES string of the molecule is BCC(=O)C(N)CCC=O. The molecule has 0 fully saturated rings. The van der Waals surface area contributed by atoms with E-state index in [0.29, 0.717) is 19.2 Å². The Morgan fingerprint density at radius 1 is 1.70 bits per heavy atom. The molecule has 0 spiro atoms. The van der Waals surface area contributed by atoms with Gasteiger partial charge in [0.2, 0.25) is 0 Å². The van der Waals surface area contributed by atoms with E-state index in [4.69, 9.17) is 5.73 Å². The van der Waals surface area contributed by atoms with E-state index >= 15 is 0 Å². The second kappa shape index (κ2) is 5.17. The van der Waals surface area contributed by atoms with Crippen LogP contribution in [0.5, 0.6) is 0 Å². The van der Waals surface area contributed by atoms with Gasteiger partial charge in [-0.2, -0.15) is 0 Å². The van der Waals surface area contributed by atoms with E-state index in [1.165, 1.54) is 0 Å². The molecule has 0 amide bonds. The zero-order valence-electron chi connectivity index (χ0n) is 6.17. The Balaban J connectivity index is 3.50. The predicted molar refractivity (Wildman–Crippen MR) is 41.6 cm³/mol. The molecule has 3 nitrogen and oxygen atoms in total. The van der Waals surface area contributed by atoms with Gasteiger partial charge in [-0.05, 0) is 12.7 Å². The zero-order valence-corrected chi connectivity index (χ0v) is 6.17. The van der Waals surface area contributed by atoms with Crippen LogP contribution in [0.3, 0.4) is 0 Å². The van der Waals surface area contributed by atoms with E-state index in [1.807, 2.05) is 0 Å². The van der Waals surface area contributed by atoms with Crippen molar-refractivity contribution >= 4 is 19.9 Å². The van der Waals surface area contributed by atoms with Crippen molar-refractivity contribution in [2.24, 2.45) is 5.73 Å². The second-order valence-electron chi connectivity index (χ2n) is 2.17. The molecule has 0 aromatic heterocycles. The van der Waals surface area contributed by atoms with Crippen LogP contribution in [0.25, 0.3) is 0 Å². The third-order valence-corrected chi connectivity index (χ3v) is 1.36. The third-order valence-electron chi connectivity index (χ3n) is 1.36. The number of hydrogen-bond donors (Lipinski definition) is 1. The van der Waals surface area contributed by atoms with Crippen molar-refractivity contribution in [2.75, 3.05) is 0 Å². The van der Waals surface area contributed by atoms with Gasteiger partial charge in [0.25, 0.3) is 0 Å². The van der Waals surface area contributed by atoms with Crippen LogP contribution in [0, 0.1) is 0 Å². The lowest BCUT2D eigenvalue weighted by molar-refractivity contribution is -0.118. The monoisotopic (exact) mass is 141 g/mol. The highest BCUT2D eigenvalue weighted by Crippen LogP contribution is 1.94. The predicted octanol–water partition coefficient (Wildman–Crippen LogP) is -1.09. The molecule has 56 valence electrons. The summed E-state index contributed by atoms with van der Waals surface area (Å²) in [5, 5.41) is 0. The van der Waals surface area contributed by atoms with Crippen molar-refractivity contribution < 1.29 is 9.59 Å². The Bertz CT molecular complexity index is 127. The smallest absolute Gasteiger partial charge is 0.141 e. The van der Waals surface area contributed by atoms with Gasteiger partial charge in [0.15, 0.2) is 0 Å². The van der Waals surface area contributed by atoms with Gasteiger partial charge in [-0.3, -0.25) is 4.79 Å². The van der Waals surface area contributed by atoms with E-state index in [2.05, 4.69) is 0 Å². The van der Waals surface area contributed by atoms with E-state index in [-0.39, 0.29) is 5.78 Å². The largest absolute Gasteiger partial charge is 0.322 e. The van der Waals surface area contributed by atoms with Crippen LogP contribution in [0.2, 0.25) is 6.32 Å². The summed E-state index contributed by atoms with van der Waals surface area (Å²) in [6.45, 7) is 0. The van der Waals surface area contributed by atoms with Gasteiger partial charge in [-0.15, -0.1) is 0 Å². The molecule has 10 heavy (non-hydrogen) atoms. The fraction of sp³-hybridized carbons (Fsp3) is 0.667. The molecular formula is C6H12BNO2. The van der Waals surface area contributed by atoms with Crippen molar-refractivity contribution in [3.63, 3.8) is 0 Å². The summed E-state index contributed by atoms with van der Waals surface area (Å²) in [6.07, 6.45) is 2.10. The van der Waals surface area contributed by atoms with Gasteiger partial charge in [0.1, 0.15) is 19.9 Å². The van der Waals surface area contributed by atoms with Gasteiger partial charge < -0.3 is 10.5 Å². The Kier molecular flexibility index (Phi) is 4.85. The Hall–Kier alpha value is -0.635. The molecule has 0 rings (SSSR count). The minimum atomic E-state index is -0.435. The van der Waals surface area contributed by atoms with Crippen LogP contribution in [0.4, 0.5) is 0 Å². The van der Waals surface area contributed by atoms with Crippen molar-refractivity contribution in [1.29, 1.82) is 0 Å². The lowest BCUT2D eigenvalue weighted by atomic mass is 9.94. The van der Waals surface area contributed by atoms with Crippen LogP contribution in [0.15, 0.2) is 0 Å². The van der Waals surface area contributed by atoms with E-state index in [1.54, 1.807) is 7.85 Å². The fourth-order valence-electron chi connectivity index (χ4n) is 0.671. The van der Waals surface area contributed by atoms with Gasteiger partial charge in [-0.25, -0.2) is 0 Å². The van der Waals surface area contributed by atoms with Crippen molar-refractivity contribution in [2.45, 2.75) is 25.2 Å². The van der Waals surface area contributed by atoms with Crippen LogP contribution in [-0.4, -0.2) is 26.0 Å². The summed E-state index contributed by atoms with van der Waals surface area (Å²) < 4.78 is 0. The van der Waals surface area contributed by atoms with E-state index in [9.17, 15) is 9.59 Å². The highest BCUT2D eigenvalue weighted by molar-refractivity contribution is 6.21. The Labute approximate surface area is 61.4 Å². The maximum Gasteiger partial charge on any atom is 0.141 e. The summed E-state index contributed by atoms with van der Waals surface area (Å²) in [5.74, 6) is 0.0295. The quantitative estimate of drug-likeness (QED) is 0.391. The second-order valence-corrected chi connectivity index (χ2v) is 2.17. The number of aldehydes is 1. The first-order valence-electron chi connectivity index (χ1n) is 3.44. The normalized spacial score (nSPS) is 12.5. The minimum absolute atomic E-state index is 0.0295. The van der Waals surface area contributed by atoms with Crippen molar-refractivity contribution in [1.82, 2.24) is 0 Å². The van der Waals surface area contributed by atoms with E-state index in [0.717, 1.165) is 6.29 Å². The minimum Gasteiger partial charge on any atom is -0.322 e. The molecule has 0 bridgehead atoms. The Morgan fingerprint density at radius 2 is 2.30 bits per heavy atom. The summed E-state index contributed by atoms with van der Waals surface area (Å²) in [4.78, 5) is 20.6. The molecule has 0 aliphatic rings. The molecular weight excluding hydrogens is 129 g/mol. The fourth-order valence-corrected chi connectivity index (χ4v) is 0.671. The highest BCUT2D eigenvalue weighted by Gasteiger charge is 2.09. The molecule has 2 N–H and O–H groups in total. The Morgan fingerprint density at radius 3 is 2.70 bits per heavy atom. The summed E-state index contributed by atoms with van der Waals surface area (Å²) >= 11 is 0. The first-order valence-corrected chi connectivity index (χ1v) is 3.44. The molecule has 0 aromatic carbocycles. The molecule has 1 unspecified atom stereocenters. The molecule has 1 atom stereocenters. The van der Waals surface area contributed by atoms with Crippen molar-refractivity contribution in [3.8, 4) is 0 Å². The standard InChI is InChI=1S/C6H12BNO2/c7-4-6(10)5(8)2-1-3-9/h3,5H,1-2,4,7-8H2. The summed E-state index contributed by atoms with van der Waals surface area (Å²) in [5.41, 5.74) is 5.41. The van der Waals surface area contributed by atoms with Gasteiger partial charge in [0, 0.05) is 6.42 Å². The first-order chi connectivity index (χ1) is 4.72. The number of carbonyl (C=O) groups excluding carboxylic acids is 2. The molecule has 4 heteroatoms. The molecule has 0 saturated carbocycles. The third kappa shape index (κ3) is 3.40. The van der Waals surface area contributed by atoms with Crippen LogP contribution < -0.4 is 5.73 Å². The van der Waals surface area contributed by atoms with Crippen LogP contribution in [-0.2, 0) is 9.59 Å². The number of carbonyl (C=O) groups is 2. The van der Waals surface area contributed by atoms with Crippen molar-refractivity contribution in [3.05, 3.63) is 0 Å². The average Bonchev–Trinajstić information content (AvgIpc) is 1.98. The lowest BCUT2D eigenvalue weighted by Gasteiger charge is -2.04. The average molecular weight is 141 g/mol. The van der Waals surface area contributed by atoms with Crippen LogP contribution in [0.1, 0.15) is 12.8 Å². The van der Waals surface area contributed by atoms with E-state index < -0.39 is 6.04 Å². The van der Waals surface area contributed by atoms with Gasteiger partial charge in [-0.1, -0.05) is 0 Å².